The van der Waals surface area contributed by atoms with Crippen LogP contribution < -0.4 is 10.6 Å². The molecule has 2 aliphatic rings. The molecule has 1 saturated heterocycles. The number of carbonyl (C=O) groups excluding carboxylic acids is 1. The van der Waals surface area contributed by atoms with Crippen LogP contribution >= 0.6 is 11.6 Å². The Bertz CT molecular complexity index is 509. The predicted octanol–water partition coefficient (Wildman–Crippen LogP) is 2.98. The van der Waals surface area contributed by atoms with Gasteiger partial charge in [0.25, 0.3) is 0 Å². The third-order valence-corrected chi connectivity index (χ3v) is 4.80. The van der Waals surface area contributed by atoms with Crippen LogP contribution in [0.1, 0.15) is 24.8 Å². The van der Waals surface area contributed by atoms with Gasteiger partial charge in [-0.25, -0.2) is 0 Å². The molecule has 1 aromatic rings. The van der Waals surface area contributed by atoms with Crippen LogP contribution in [0.25, 0.3) is 0 Å². The van der Waals surface area contributed by atoms with Crippen LogP contribution in [0.2, 0.25) is 5.02 Å². The Morgan fingerprint density at radius 2 is 2.16 bits per heavy atom. The molecule has 0 aromatic heterocycles. The van der Waals surface area contributed by atoms with Gasteiger partial charge >= 0.3 is 0 Å². The molecule has 1 saturated carbocycles. The van der Waals surface area contributed by atoms with Gasteiger partial charge < -0.3 is 10.6 Å². The molecule has 1 amide bonds. The predicted molar refractivity (Wildman–Crippen MR) is 77.5 cm³/mol. The average Bonchev–Trinajstić information content (AvgIpc) is 3.08. The molecule has 4 heteroatoms. The van der Waals surface area contributed by atoms with Gasteiger partial charge in [0.05, 0.1) is 0 Å². The fourth-order valence-corrected chi connectivity index (χ4v) is 3.32. The Morgan fingerprint density at radius 1 is 1.42 bits per heavy atom. The summed E-state index contributed by atoms with van der Waals surface area (Å²) in [5.74, 6) is 0.347. The molecule has 2 fully saturated rings. The maximum absolute atomic E-state index is 12.3. The standard InChI is InChI=1S/C15H19ClN2O/c1-10-2-3-11(16)8-13(10)18-14(19)12-9-15(12)4-6-17-7-5-15/h2-3,8,12,17H,4-7,9H2,1H3,(H,18,19). The highest BCUT2D eigenvalue weighted by atomic mass is 35.5. The van der Waals surface area contributed by atoms with Crippen LogP contribution in [-0.4, -0.2) is 19.0 Å². The highest BCUT2D eigenvalue weighted by Gasteiger charge is 2.57. The van der Waals surface area contributed by atoms with Crippen molar-refractivity contribution in [1.82, 2.24) is 5.32 Å². The summed E-state index contributed by atoms with van der Waals surface area (Å²) >= 11 is 5.98. The van der Waals surface area contributed by atoms with Crippen molar-refractivity contribution in [3.8, 4) is 0 Å². The minimum Gasteiger partial charge on any atom is -0.326 e. The lowest BCUT2D eigenvalue weighted by Crippen LogP contribution is -2.31. The summed E-state index contributed by atoms with van der Waals surface area (Å²) < 4.78 is 0. The van der Waals surface area contributed by atoms with Crippen LogP contribution in [0.4, 0.5) is 5.69 Å². The zero-order valence-electron chi connectivity index (χ0n) is 11.1. The summed E-state index contributed by atoms with van der Waals surface area (Å²) in [4.78, 5) is 12.3. The van der Waals surface area contributed by atoms with Gasteiger partial charge in [-0.2, -0.15) is 0 Å². The smallest absolute Gasteiger partial charge is 0.228 e. The van der Waals surface area contributed by atoms with Gasteiger partial charge in [-0.05, 0) is 62.4 Å². The van der Waals surface area contributed by atoms with E-state index in [4.69, 9.17) is 11.6 Å². The number of hydrogen-bond donors (Lipinski definition) is 2. The number of aryl methyl sites for hydroxylation is 1. The monoisotopic (exact) mass is 278 g/mol. The molecule has 3 rings (SSSR count). The van der Waals surface area contributed by atoms with Gasteiger partial charge in [0, 0.05) is 16.6 Å². The maximum atomic E-state index is 12.3. The topological polar surface area (TPSA) is 41.1 Å². The van der Waals surface area contributed by atoms with E-state index in [2.05, 4.69) is 10.6 Å². The molecule has 102 valence electrons. The van der Waals surface area contributed by atoms with E-state index in [-0.39, 0.29) is 17.2 Å². The summed E-state index contributed by atoms with van der Waals surface area (Å²) in [6.07, 6.45) is 3.29. The first-order chi connectivity index (χ1) is 9.11. The van der Waals surface area contributed by atoms with Crippen molar-refractivity contribution in [1.29, 1.82) is 0 Å². The molecule has 1 aromatic carbocycles. The van der Waals surface area contributed by atoms with E-state index in [0.717, 1.165) is 43.6 Å². The summed E-state index contributed by atoms with van der Waals surface area (Å²) in [5.41, 5.74) is 2.17. The summed E-state index contributed by atoms with van der Waals surface area (Å²) in [6.45, 7) is 4.07. The Kier molecular flexibility index (Phi) is 3.27. The Hall–Kier alpha value is -1.06. The molecule has 1 atom stereocenters. The van der Waals surface area contributed by atoms with Gasteiger partial charge in [0.1, 0.15) is 0 Å². The molecule has 3 nitrogen and oxygen atoms in total. The second kappa shape index (κ2) is 4.80. The maximum Gasteiger partial charge on any atom is 0.228 e. The second-order valence-electron chi connectivity index (χ2n) is 5.82. The van der Waals surface area contributed by atoms with Crippen molar-refractivity contribution < 1.29 is 4.79 Å². The van der Waals surface area contributed by atoms with Gasteiger partial charge in [0.2, 0.25) is 5.91 Å². The van der Waals surface area contributed by atoms with Crippen molar-refractivity contribution in [3.05, 3.63) is 28.8 Å². The zero-order chi connectivity index (χ0) is 13.5. The minimum atomic E-state index is 0.160. The van der Waals surface area contributed by atoms with E-state index in [1.165, 1.54) is 0 Å². The molecule has 1 unspecified atom stereocenters. The number of benzene rings is 1. The van der Waals surface area contributed by atoms with Gasteiger partial charge in [-0.1, -0.05) is 17.7 Å². The largest absolute Gasteiger partial charge is 0.326 e. The number of rotatable bonds is 2. The first kappa shape index (κ1) is 12.9. The Balaban J connectivity index is 1.68. The lowest BCUT2D eigenvalue weighted by molar-refractivity contribution is -0.118. The van der Waals surface area contributed by atoms with E-state index in [1.807, 2.05) is 25.1 Å². The number of carbonyl (C=O) groups is 1. The Morgan fingerprint density at radius 3 is 2.89 bits per heavy atom. The fraction of sp³-hybridized carbons (Fsp3) is 0.533. The third kappa shape index (κ3) is 2.49. The van der Waals surface area contributed by atoms with E-state index in [0.29, 0.717) is 5.02 Å². The Labute approximate surface area is 118 Å². The SMILES string of the molecule is Cc1ccc(Cl)cc1NC(=O)C1CC12CCNCC2. The number of hydrogen-bond acceptors (Lipinski definition) is 2. The quantitative estimate of drug-likeness (QED) is 0.873. The van der Waals surface area contributed by atoms with Crippen LogP contribution in [-0.2, 0) is 4.79 Å². The third-order valence-electron chi connectivity index (χ3n) is 4.56. The first-order valence-corrected chi connectivity index (χ1v) is 7.26. The van der Waals surface area contributed by atoms with Gasteiger partial charge in [-0.15, -0.1) is 0 Å². The summed E-state index contributed by atoms with van der Waals surface area (Å²) in [7, 11) is 0. The van der Waals surface area contributed by atoms with Gasteiger partial charge in [0.15, 0.2) is 0 Å². The molecule has 0 bridgehead atoms. The van der Waals surface area contributed by atoms with Crippen molar-refractivity contribution in [2.45, 2.75) is 26.2 Å². The van der Waals surface area contributed by atoms with E-state index >= 15 is 0 Å². The highest BCUT2D eigenvalue weighted by Crippen LogP contribution is 2.58. The lowest BCUT2D eigenvalue weighted by atomic mass is 9.91. The van der Waals surface area contributed by atoms with Crippen LogP contribution in [0.15, 0.2) is 18.2 Å². The second-order valence-corrected chi connectivity index (χ2v) is 6.25. The normalized spacial score (nSPS) is 24.2. The molecule has 2 N–H and O–H groups in total. The van der Waals surface area contributed by atoms with Crippen molar-refractivity contribution >= 4 is 23.2 Å². The van der Waals surface area contributed by atoms with Crippen LogP contribution in [0, 0.1) is 18.3 Å². The number of amides is 1. The van der Waals surface area contributed by atoms with Crippen LogP contribution in [0.5, 0.6) is 0 Å². The molecular formula is C15H19ClN2O. The molecular weight excluding hydrogens is 260 g/mol. The number of halogens is 1. The molecule has 1 heterocycles. The number of piperidine rings is 1. The van der Waals surface area contributed by atoms with Crippen molar-refractivity contribution in [2.24, 2.45) is 11.3 Å². The molecule has 0 radical (unpaired) electrons. The fourth-order valence-electron chi connectivity index (χ4n) is 3.14. The lowest BCUT2D eigenvalue weighted by Gasteiger charge is -2.23. The number of nitrogens with one attached hydrogen (secondary N) is 2. The minimum absolute atomic E-state index is 0.160. The van der Waals surface area contributed by atoms with Crippen molar-refractivity contribution in [3.63, 3.8) is 0 Å². The van der Waals surface area contributed by atoms with Crippen molar-refractivity contribution in [2.75, 3.05) is 18.4 Å². The van der Waals surface area contributed by atoms with E-state index < -0.39 is 0 Å². The zero-order valence-corrected chi connectivity index (χ0v) is 11.9. The highest BCUT2D eigenvalue weighted by molar-refractivity contribution is 6.31. The van der Waals surface area contributed by atoms with Gasteiger partial charge in [-0.3, -0.25) is 4.79 Å². The molecule has 1 aliphatic heterocycles. The van der Waals surface area contributed by atoms with E-state index in [1.54, 1.807) is 0 Å². The average molecular weight is 279 g/mol. The summed E-state index contributed by atoms with van der Waals surface area (Å²) in [5, 5.41) is 7.06. The first-order valence-electron chi connectivity index (χ1n) is 6.88. The van der Waals surface area contributed by atoms with E-state index in [9.17, 15) is 4.79 Å². The number of anilines is 1. The molecule has 19 heavy (non-hydrogen) atoms. The molecule has 1 aliphatic carbocycles. The summed E-state index contributed by atoms with van der Waals surface area (Å²) in [6, 6.07) is 5.61. The van der Waals surface area contributed by atoms with Crippen LogP contribution in [0.3, 0.4) is 0 Å². The molecule has 1 spiro atoms.